The minimum atomic E-state index is -0.0161. The molecular formula is C17H20N4OS. The topological polar surface area (TPSA) is 66.9 Å². The standard InChI is InChI=1S/C17H20N4OS/c1-10-15(23-17(19-10)20-13-4-5-13)16(22)21-14(11-2-3-11)12-6-8-18-9-7-12/h6-9,11,13-14H,2-5H2,1H3,(H,19,20)(H,21,22). The lowest BCUT2D eigenvalue weighted by atomic mass is 10.0. The van der Waals surface area contributed by atoms with Crippen LogP contribution in [-0.4, -0.2) is 21.9 Å². The molecule has 0 spiro atoms. The summed E-state index contributed by atoms with van der Waals surface area (Å²) in [5, 5.41) is 7.44. The van der Waals surface area contributed by atoms with E-state index in [0.717, 1.165) is 16.4 Å². The van der Waals surface area contributed by atoms with Gasteiger partial charge in [-0.15, -0.1) is 0 Å². The Labute approximate surface area is 139 Å². The third-order valence-electron chi connectivity index (χ3n) is 4.35. The molecule has 2 aromatic heterocycles. The summed E-state index contributed by atoms with van der Waals surface area (Å²) in [7, 11) is 0. The molecule has 2 N–H and O–H groups in total. The number of thiazole rings is 1. The van der Waals surface area contributed by atoms with E-state index in [1.807, 2.05) is 19.1 Å². The van der Waals surface area contributed by atoms with Crippen LogP contribution in [0.4, 0.5) is 5.13 Å². The second-order valence-corrected chi connectivity index (χ2v) is 7.42. The normalized spacial score (nSPS) is 18.5. The third kappa shape index (κ3) is 3.37. The number of nitrogens with zero attached hydrogens (tertiary/aromatic N) is 2. The highest BCUT2D eigenvalue weighted by atomic mass is 32.1. The van der Waals surface area contributed by atoms with Gasteiger partial charge in [-0.2, -0.15) is 0 Å². The number of hydrogen-bond acceptors (Lipinski definition) is 5. The summed E-state index contributed by atoms with van der Waals surface area (Å²) in [6.07, 6.45) is 8.31. The summed E-state index contributed by atoms with van der Waals surface area (Å²) in [5.41, 5.74) is 1.94. The van der Waals surface area contributed by atoms with E-state index in [1.54, 1.807) is 12.4 Å². The first-order chi connectivity index (χ1) is 11.2. The van der Waals surface area contributed by atoms with Gasteiger partial charge in [0.05, 0.1) is 11.7 Å². The van der Waals surface area contributed by atoms with Gasteiger partial charge in [-0.1, -0.05) is 11.3 Å². The smallest absolute Gasteiger partial charge is 0.263 e. The molecule has 6 heteroatoms. The Morgan fingerprint density at radius 2 is 2.00 bits per heavy atom. The second-order valence-electron chi connectivity index (χ2n) is 6.42. The Balaban J connectivity index is 1.50. The van der Waals surface area contributed by atoms with Crippen molar-refractivity contribution >= 4 is 22.4 Å². The van der Waals surface area contributed by atoms with Crippen LogP contribution in [0.5, 0.6) is 0 Å². The largest absolute Gasteiger partial charge is 0.359 e. The molecule has 1 atom stereocenters. The first kappa shape index (κ1) is 14.6. The molecule has 0 saturated heterocycles. The zero-order valence-electron chi connectivity index (χ0n) is 13.1. The minimum Gasteiger partial charge on any atom is -0.359 e. The van der Waals surface area contributed by atoms with Gasteiger partial charge in [0.25, 0.3) is 5.91 Å². The lowest BCUT2D eigenvalue weighted by Gasteiger charge is -2.18. The average Bonchev–Trinajstić information content (AvgIpc) is 3.46. The maximum absolute atomic E-state index is 12.7. The highest BCUT2D eigenvalue weighted by Gasteiger charge is 2.34. The van der Waals surface area contributed by atoms with E-state index in [2.05, 4.69) is 20.6 Å². The molecule has 2 aromatic rings. The van der Waals surface area contributed by atoms with Gasteiger partial charge in [-0.05, 0) is 56.2 Å². The number of rotatable bonds is 6. The van der Waals surface area contributed by atoms with Crippen molar-refractivity contribution < 1.29 is 4.79 Å². The molecule has 0 radical (unpaired) electrons. The number of nitrogens with one attached hydrogen (secondary N) is 2. The van der Waals surface area contributed by atoms with E-state index in [-0.39, 0.29) is 11.9 Å². The first-order valence-corrected chi connectivity index (χ1v) is 8.97. The fourth-order valence-corrected chi connectivity index (χ4v) is 3.70. The van der Waals surface area contributed by atoms with Gasteiger partial charge in [0.2, 0.25) is 0 Å². The summed E-state index contributed by atoms with van der Waals surface area (Å²) in [5.74, 6) is 0.524. The van der Waals surface area contributed by atoms with Crippen molar-refractivity contribution in [2.75, 3.05) is 5.32 Å². The maximum Gasteiger partial charge on any atom is 0.263 e. The van der Waals surface area contributed by atoms with Crippen LogP contribution >= 0.6 is 11.3 Å². The predicted octanol–water partition coefficient (Wildman–Crippen LogP) is 3.30. The fourth-order valence-electron chi connectivity index (χ4n) is 2.75. The van der Waals surface area contributed by atoms with E-state index in [0.29, 0.717) is 16.8 Å². The summed E-state index contributed by atoms with van der Waals surface area (Å²) in [6, 6.07) is 4.60. The van der Waals surface area contributed by atoms with E-state index in [1.165, 1.54) is 37.0 Å². The average molecular weight is 328 g/mol. The summed E-state index contributed by atoms with van der Waals surface area (Å²) >= 11 is 1.46. The van der Waals surface area contributed by atoms with Crippen LogP contribution in [0.25, 0.3) is 0 Å². The van der Waals surface area contributed by atoms with Crippen LogP contribution in [-0.2, 0) is 0 Å². The number of aromatic nitrogens is 2. The van der Waals surface area contributed by atoms with Gasteiger partial charge in [0.1, 0.15) is 4.88 Å². The number of hydrogen-bond donors (Lipinski definition) is 2. The van der Waals surface area contributed by atoms with Crippen LogP contribution in [0.2, 0.25) is 0 Å². The van der Waals surface area contributed by atoms with Gasteiger partial charge < -0.3 is 10.6 Å². The molecule has 1 unspecified atom stereocenters. The zero-order valence-corrected chi connectivity index (χ0v) is 13.9. The quantitative estimate of drug-likeness (QED) is 0.854. The molecule has 2 fully saturated rings. The van der Waals surface area contributed by atoms with Crippen LogP contribution < -0.4 is 10.6 Å². The van der Waals surface area contributed by atoms with Gasteiger partial charge in [0.15, 0.2) is 5.13 Å². The highest BCUT2D eigenvalue weighted by molar-refractivity contribution is 7.17. The summed E-state index contributed by atoms with van der Waals surface area (Å²) < 4.78 is 0. The van der Waals surface area contributed by atoms with E-state index >= 15 is 0 Å². The van der Waals surface area contributed by atoms with Crippen molar-refractivity contribution in [2.45, 2.75) is 44.7 Å². The molecule has 2 aliphatic carbocycles. The Morgan fingerprint density at radius 1 is 1.26 bits per heavy atom. The van der Waals surface area contributed by atoms with E-state index < -0.39 is 0 Å². The minimum absolute atomic E-state index is 0.0161. The lowest BCUT2D eigenvalue weighted by Crippen LogP contribution is -2.29. The predicted molar refractivity (Wildman–Crippen MR) is 90.7 cm³/mol. The highest BCUT2D eigenvalue weighted by Crippen LogP contribution is 2.41. The van der Waals surface area contributed by atoms with Gasteiger partial charge in [0, 0.05) is 18.4 Å². The number of amides is 1. The Bertz CT molecular complexity index is 707. The lowest BCUT2D eigenvalue weighted by molar-refractivity contribution is 0.0935. The van der Waals surface area contributed by atoms with Crippen molar-refractivity contribution in [3.63, 3.8) is 0 Å². The zero-order chi connectivity index (χ0) is 15.8. The fraction of sp³-hybridized carbons (Fsp3) is 0.471. The molecule has 2 heterocycles. The SMILES string of the molecule is Cc1nc(NC2CC2)sc1C(=O)NC(c1ccncc1)C1CC1. The van der Waals surface area contributed by atoms with Crippen molar-refractivity contribution in [3.05, 3.63) is 40.7 Å². The molecule has 0 aliphatic heterocycles. The molecule has 0 aromatic carbocycles. The van der Waals surface area contributed by atoms with Crippen molar-refractivity contribution in [2.24, 2.45) is 5.92 Å². The molecule has 4 rings (SSSR count). The van der Waals surface area contributed by atoms with Crippen molar-refractivity contribution in [1.29, 1.82) is 0 Å². The molecule has 0 bridgehead atoms. The van der Waals surface area contributed by atoms with Crippen LogP contribution in [0.3, 0.4) is 0 Å². The van der Waals surface area contributed by atoms with Crippen molar-refractivity contribution in [3.8, 4) is 0 Å². The van der Waals surface area contributed by atoms with E-state index in [4.69, 9.17) is 0 Å². The van der Waals surface area contributed by atoms with Gasteiger partial charge in [-0.25, -0.2) is 4.98 Å². The van der Waals surface area contributed by atoms with E-state index in [9.17, 15) is 4.79 Å². The molecule has 120 valence electrons. The molecule has 2 saturated carbocycles. The van der Waals surface area contributed by atoms with Crippen LogP contribution in [0, 0.1) is 12.8 Å². The monoisotopic (exact) mass is 328 g/mol. The summed E-state index contributed by atoms with van der Waals surface area (Å²) in [6.45, 7) is 1.90. The Hall–Kier alpha value is -1.95. The molecule has 23 heavy (non-hydrogen) atoms. The van der Waals surface area contributed by atoms with Crippen LogP contribution in [0.1, 0.15) is 52.7 Å². The molecular weight excluding hydrogens is 308 g/mol. The van der Waals surface area contributed by atoms with Crippen LogP contribution in [0.15, 0.2) is 24.5 Å². The number of aryl methyl sites for hydroxylation is 1. The maximum atomic E-state index is 12.7. The first-order valence-electron chi connectivity index (χ1n) is 8.15. The third-order valence-corrected chi connectivity index (χ3v) is 5.44. The van der Waals surface area contributed by atoms with Crippen molar-refractivity contribution in [1.82, 2.24) is 15.3 Å². The molecule has 5 nitrogen and oxygen atoms in total. The van der Waals surface area contributed by atoms with Gasteiger partial charge >= 0.3 is 0 Å². The molecule has 2 aliphatic rings. The molecule has 1 amide bonds. The second kappa shape index (κ2) is 5.92. The number of carbonyl (C=O) groups excluding carboxylic acids is 1. The Morgan fingerprint density at radius 3 is 2.65 bits per heavy atom. The number of anilines is 1. The number of pyridine rings is 1. The Kier molecular flexibility index (Phi) is 3.77. The van der Waals surface area contributed by atoms with Gasteiger partial charge in [-0.3, -0.25) is 9.78 Å². The number of carbonyl (C=O) groups is 1. The summed E-state index contributed by atoms with van der Waals surface area (Å²) in [4.78, 5) is 22.0.